The minimum atomic E-state index is -0.0899. The molecule has 0 spiro atoms. The van der Waals surface area contributed by atoms with Gasteiger partial charge in [-0.1, -0.05) is 17.8 Å². The zero-order valence-corrected chi connectivity index (χ0v) is 14.1. The average molecular weight is 359 g/mol. The molecule has 1 unspecified atom stereocenters. The van der Waals surface area contributed by atoms with Crippen LogP contribution in [0.2, 0.25) is 0 Å². The molecule has 0 fully saturated rings. The Hall–Kier alpha value is -2.39. The number of hydrazone groups is 1. The lowest BCUT2D eigenvalue weighted by molar-refractivity contribution is -0.130. The smallest absolute Gasteiger partial charge is 0.253 e. The van der Waals surface area contributed by atoms with Gasteiger partial charge in [0, 0.05) is 11.3 Å². The summed E-state index contributed by atoms with van der Waals surface area (Å²) in [6, 6.07) is 7.60. The number of H-pyrrole nitrogens is 1. The Morgan fingerprint density at radius 1 is 1.46 bits per heavy atom. The van der Waals surface area contributed by atoms with Gasteiger partial charge in [0.2, 0.25) is 0 Å². The van der Waals surface area contributed by atoms with E-state index in [1.165, 1.54) is 18.1 Å². The monoisotopic (exact) mass is 359 g/mol. The van der Waals surface area contributed by atoms with Gasteiger partial charge in [0.05, 0.1) is 18.1 Å². The maximum absolute atomic E-state index is 12.7. The predicted octanol–water partition coefficient (Wildman–Crippen LogP) is 2.93. The van der Waals surface area contributed by atoms with Crippen LogP contribution in [0.25, 0.3) is 0 Å². The molecule has 3 aromatic rings. The minimum absolute atomic E-state index is 0.0728. The normalized spacial score (nSPS) is 17.2. The molecule has 122 valence electrons. The third kappa shape index (κ3) is 3.00. The molecule has 4 heterocycles. The van der Waals surface area contributed by atoms with E-state index in [4.69, 9.17) is 4.42 Å². The van der Waals surface area contributed by atoms with Crippen LogP contribution in [0.3, 0.4) is 0 Å². The van der Waals surface area contributed by atoms with Gasteiger partial charge < -0.3 is 4.42 Å². The van der Waals surface area contributed by atoms with Crippen LogP contribution < -0.4 is 0 Å². The van der Waals surface area contributed by atoms with Gasteiger partial charge in [-0.2, -0.15) is 10.2 Å². The Morgan fingerprint density at radius 2 is 2.42 bits per heavy atom. The number of rotatable bonds is 5. The number of amides is 1. The molecule has 1 amide bonds. The van der Waals surface area contributed by atoms with Gasteiger partial charge in [-0.3, -0.25) is 9.89 Å². The zero-order valence-electron chi connectivity index (χ0n) is 12.5. The number of aromatic amines is 1. The standard InChI is InChI=1S/C15H13N5O2S2/c21-14(8-24-15-16-9-17-18-15)20-11(13-4-2-6-23-13)7-10(19-20)12-3-1-5-22-12/h1-6,9,11H,7-8H2,(H,16,17,18). The van der Waals surface area contributed by atoms with Crippen molar-refractivity contribution in [3.8, 4) is 0 Å². The van der Waals surface area contributed by atoms with Crippen molar-refractivity contribution in [3.63, 3.8) is 0 Å². The fraction of sp³-hybridized carbons (Fsp3) is 0.200. The van der Waals surface area contributed by atoms with Crippen molar-refractivity contribution >= 4 is 34.7 Å². The fourth-order valence-corrected chi connectivity index (χ4v) is 3.94. The summed E-state index contributed by atoms with van der Waals surface area (Å²) in [5.41, 5.74) is 0.788. The van der Waals surface area contributed by atoms with Crippen molar-refractivity contribution < 1.29 is 9.21 Å². The number of aromatic nitrogens is 3. The molecule has 1 atom stereocenters. The summed E-state index contributed by atoms with van der Waals surface area (Å²) >= 11 is 2.93. The van der Waals surface area contributed by atoms with E-state index < -0.39 is 0 Å². The molecule has 7 nitrogen and oxygen atoms in total. The molecule has 0 saturated heterocycles. The number of furan rings is 1. The van der Waals surface area contributed by atoms with E-state index in [-0.39, 0.29) is 17.7 Å². The molecular formula is C15H13N5O2S2. The average Bonchev–Trinajstić information content (AvgIpc) is 3.40. The van der Waals surface area contributed by atoms with Crippen LogP contribution in [0.4, 0.5) is 0 Å². The van der Waals surface area contributed by atoms with Crippen LogP contribution in [-0.2, 0) is 4.79 Å². The quantitative estimate of drug-likeness (QED) is 0.708. The number of hydrogen-bond donors (Lipinski definition) is 1. The van der Waals surface area contributed by atoms with E-state index >= 15 is 0 Å². The van der Waals surface area contributed by atoms with Gasteiger partial charge in [-0.25, -0.2) is 9.99 Å². The molecule has 9 heteroatoms. The number of nitrogens with zero attached hydrogens (tertiary/aromatic N) is 4. The predicted molar refractivity (Wildman–Crippen MR) is 90.9 cm³/mol. The first-order valence-electron chi connectivity index (χ1n) is 7.26. The van der Waals surface area contributed by atoms with Gasteiger partial charge in [0.1, 0.15) is 17.8 Å². The van der Waals surface area contributed by atoms with Gasteiger partial charge in [-0.15, -0.1) is 11.3 Å². The van der Waals surface area contributed by atoms with Gasteiger partial charge >= 0.3 is 0 Å². The van der Waals surface area contributed by atoms with Crippen molar-refractivity contribution in [3.05, 3.63) is 52.9 Å². The van der Waals surface area contributed by atoms with Crippen LogP contribution in [0.1, 0.15) is 23.1 Å². The Kier molecular flexibility index (Phi) is 4.18. The summed E-state index contributed by atoms with van der Waals surface area (Å²) in [6.07, 6.45) is 3.68. The SMILES string of the molecule is O=C(CSc1ncn[nH]1)N1N=C(c2ccco2)CC1c1cccs1. The Morgan fingerprint density at radius 3 is 3.12 bits per heavy atom. The highest BCUT2D eigenvalue weighted by Gasteiger charge is 2.34. The maximum atomic E-state index is 12.7. The molecule has 24 heavy (non-hydrogen) atoms. The first-order valence-corrected chi connectivity index (χ1v) is 9.13. The van der Waals surface area contributed by atoms with E-state index in [0.29, 0.717) is 17.3 Å². The number of carbonyl (C=O) groups excluding carboxylic acids is 1. The van der Waals surface area contributed by atoms with Gasteiger partial charge in [0.15, 0.2) is 5.16 Å². The van der Waals surface area contributed by atoms with Gasteiger partial charge in [-0.05, 0) is 23.6 Å². The molecule has 0 aromatic carbocycles. The van der Waals surface area contributed by atoms with E-state index in [1.807, 2.05) is 29.6 Å². The van der Waals surface area contributed by atoms with Crippen LogP contribution in [0.5, 0.6) is 0 Å². The summed E-state index contributed by atoms with van der Waals surface area (Å²) in [5.74, 6) is 0.873. The lowest BCUT2D eigenvalue weighted by atomic mass is 10.1. The second-order valence-electron chi connectivity index (χ2n) is 5.08. The number of hydrogen-bond acceptors (Lipinski definition) is 7. The summed E-state index contributed by atoms with van der Waals surface area (Å²) in [6.45, 7) is 0. The molecule has 1 aliphatic heterocycles. The molecule has 0 aliphatic carbocycles. The number of carbonyl (C=O) groups is 1. The Bertz CT molecular complexity index is 827. The largest absolute Gasteiger partial charge is 0.463 e. The lowest BCUT2D eigenvalue weighted by Gasteiger charge is -2.20. The van der Waals surface area contributed by atoms with E-state index in [2.05, 4.69) is 20.3 Å². The first kappa shape index (κ1) is 15.2. The molecule has 1 aliphatic rings. The molecule has 0 saturated carbocycles. The van der Waals surface area contributed by atoms with Crippen molar-refractivity contribution in [1.82, 2.24) is 20.2 Å². The van der Waals surface area contributed by atoms with Crippen molar-refractivity contribution in [2.75, 3.05) is 5.75 Å². The van der Waals surface area contributed by atoms with Crippen molar-refractivity contribution in [2.24, 2.45) is 5.10 Å². The lowest BCUT2D eigenvalue weighted by Crippen LogP contribution is -2.28. The highest BCUT2D eigenvalue weighted by Crippen LogP contribution is 2.35. The second-order valence-corrected chi connectivity index (χ2v) is 7.02. The topological polar surface area (TPSA) is 87.4 Å². The molecule has 3 aromatic heterocycles. The van der Waals surface area contributed by atoms with Crippen molar-refractivity contribution in [2.45, 2.75) is 17.6 Å². The molecule has 0 radical (unpaired) electrons. The summed E-state index contributed by atoms with van der Waals surface area (Å²) in [5, 5.41) is 15.2. The molecule has 0 bridgehead atoms. The summed E-state index contributed by atoms with van der Waals surface area (Å²) in [7, 11) is 0. The summed E-state index contributed by atoms with van der Waals surface area (Å²) < 4.78 is 5.44. The number of thioether (sulfide) groups is 1. The number of nitrogens with one attached hydrogen (secondary N) is 1. The second kappa shape index (κ2) is 6.62. The van der Waals surface area contributed by atoms with E-state index in [0.717, 1.165) is 10.6 Å². The number of thiophene rings is 1. The van der Waals surface area contributed by atoms with Gasteiger partial charge in [0.25, 0.3) is 5.91 Å². The minimum Gasteiger partial charge on any atom is -0.463 e. The van der Waals surface area contributed by atoms with Crippen molar-refractivity contribution in [1.29, 1.82) is 0 Å². The third-order valence-corrected chi connectivity index (χ3v) is 5.40. The first-order chi connectivity index (χ1) is 11.8. The fourth-order valence-electron chi connectivity index (χ4n) is 2.49. The maximum Gasteiger partial charge on any atom is 0.253 e. The zero-order chi connectivity index (χ0) is 16.4. The van der Waals surface area contributed by atoms with Crippen LogP contribution in [0, 0.1) is 0 Å². The van der Waals surface area contributed by atoms with Crippen LogP contribution in [0.15, 0.2) is 56.9 Å². The molecule has 4 rings (SSSR count). The molecular weight excluding hydrogens is 346 g/mol. The summed E-state index contributed by atoms with van der Waals surface area (Å²) in [4.78, 5) is 17.8. The highest BCUT2D eigenvalue weighted by molar-refractivity contribution is 7.99. The van der Waals surface area contributed by atoms with E-state index in [9.17, 15) is 4.79 Å². The highest BCUT2D eigenvalue weighted by atomic mass is 32.2. The van der Waals surface area contributed by atoms with Crippen LogP contribution in [-0.4, -0.2) is 37.6 Å². The Balaban J connectivity index is 1.55. The Labute approximate surface area is 145 Å². The van der Waals surface area contributed by atoms with Crippen LogP contribution >= 0.6 is 23.1 Å². The third-order valence-electron chi connectivity index (χ3n) is 3.57. The van der Waals surface area contributed by atoms with E-state index in [1.54, 1.807) is 22.6 Å². The molecule has 1 N–H and O–H groups in total.